The highest BCUT2D eigenvalue weighted by molar-refractivity contribution is 5.85. The molecule has 6 nitrogen and oxygen atoms in total. The van der Waals surface area contributed by atoms with Gasteiger partial charge in [-0.15, -0.1) is 12.4 Å². The van der Waals surface area contributed by atoms with Gasteiger partial charge in [0.1, 0.15) is 0 Å². The maximum atomic E-state index is 11.5. The maximum absolute atomic E-state index is 11.5. The van der Waals surface area contributed by atoms with Gasteiger partial charge in [0.2, 0.25) is 0 Å². The molecule has 0 spiro atoms. The van der Waals surface area contributed by atoms with Crippen molar-refractivity contribution < 1.29 is 14.3 Å². The van der Waals surface area contributed by atoms with Gasteiger partial charge in [0.25, 0.3) is 0 Å². The molecule has 0 atom stereocenters. The van der Waals surface area contributed by atoms with Gasteiger partial charge in [-0.3, -0.25) is 4.79 Å². The molecule has 1 fully saturated rings. The summed E-state index contributed by atoms with van der Waals surface area (Å²) in [5.41, 5.74) is 0. The van der Waals surface area contributed by atoms with Crippen molar-refractivity contribution in [1.29, 1.82) is 0 Å². The van der Waals surface area contributed by atoms with Crippen LogP contribution in [0.15, 0.2) is 0 Å². The second-order valence-corrected chi connectivity index (χ2v) is 3.30. The number of nitrogens with zero attached hydrogens (tertiary/aromatic N) is 1. The number of rotatable bonds is 3. The second kappa shape index (κ2) is 8.18. The van der Waals surface area contributed by atoms with Crippen LogP contribution in [-0.4, -0.2) is 56.7 Å². The Morgan fingerprint density at radius 1 is 1.38 bits per heavy atom. The first-order chi connectivity index (χ1) is 7.24. The number of carbonyl (C=O) groups is 2. The summed E-state index contributed by atoms with van der Waals surface area (Å²) in [4.78, 5) is 24.0. The van der Waals surface area contributed by atoms with E-state index in [4.69, 9.17) is 0 Å². The predicted molar refractivity (Wildman–Crippen MR) is 61.7 cm³/mol. The van der Waals surface area contributed by atoms with Gasteiger partial charge in [0, 0.05) is 32.7 Å². The van der Waals surface area contributed by atoms with Crippen LogP contribution in [0, 0.1) is 0 Å². The van der Waals surface area contributed by atoms with Gasteiger partial charge in [-0.05, 0) is 0 Å². The van der Waals surface area contributed by atoms with E-state index >= 15 is 0 Å². The summed E-state index contributed by atoms with van der Waals surface area (Å²) in [5.74, 6) is -0.310. The second-order valence-electron chi connectivity index (χ2n) is 3.30. The fourth-order valence-electron chi connectivity index (χ4n) is 1.35. The van der Waals surface area contributed by atoms with Crippen LogP contribution in [0.25, 0.3) is 0 Å². The van der Waals surface area contributed by atoms with Gasteiger partial charge in [-0.2, -0.15) is 0 Å². The van der Waals surface area contributed by atoms with Crippen molar-refractivity contribution in [3.63, 3.8) is 0 Å². The van der Waals surface area contributed by atoms with E-state index in [2.05, 4.69) is 15.4 Å². The molecule has 0 radical (unpaired) electrons. The number of piperazine rings is 1. The van der Waals surface area contributed by atoms with E-state index in [1.54, 1.807) is 4.90 Å². The van der Waals surface area contributed by atoms with Crippen LogP contribution in [0.1, 0.15) is 6.42 Å². The Bertz CT molecular complexity index is 232. The molecule has 0 aromatic heterocycles. The first-order valence-electron chi connectivity index (χ1n) is 5.04. The quantitative estimate of drug-likeness (QED) is 0.669. The average molecular weight is 252 g/mol. The summed E-state index contributed by atoms with van der Waals surface area (Å²) >= 11 is 0. The molecule has 1 heterocycles. The van der Waals surface area contributed by atoms with E-state index in [1.165, 1.54) is 7.11 Å². The Morgan fingerprint density at radius 3 is 2.56 bits per heavy atom. The Morgan fingerprint density at radius 2 is 2.00 bits per heavy atom. The minimum atomic E-state index is -0.310. The first-order valence-corrected chi connectivity index (χ1v) is 5.04. The number of esters is 1. The number of hydrogen-bond acceptors (Lipinski definition) is 4. The fraction of sp³-hybridized carbons (Fsp3) is 0.778. The Balaban J connectivity index is 0.00000225. The fourth-order valence-corrected chi connectivity index (χ4v) is 1.35. The van der Waals surface area contributed by atoms with Crippen molar-refractivity contribution in [3.05, 3.63) is 0 Å². The Labute approximate surface area is 101 Å². The molecule has 1 aliphatic rings. The molecule has 1 saturated heterocycles. The number of carbonyl (C=O) groups excluding carboxylic acids is 2. The number of urea groups is 1. The highest BCUT2D eigenvalue weighted by Crippen LogP contribution is 1.92. The van der Waals surface area contributed by atoms with Gasteiger partial charge in [0.05, 0.1) is 13.5 Å². The maximum Gasteiger partial charge on any atom is 0.317 e. The van der Waals surface area contributed by atoms with Crippen LogP contribution < -0.4 is 10.6 Å². The van der Waals surface area contributed by atoms with Crippen molar-refractivity contribution in [2.75, 3.05) is 39.8 Å². The molecule has 94 valence electrons. The molecule has 0 bridgehead atoms. The van der Waals surface area contributed by atoms with E-state index in [9.17, 15) is 9.59 Å². The van der Waals surface area contributed by atoms with Crippen molar-refractivity contribution in [1.82, 2.24) is 15.5 Å². The van der Waals surface area contributed by atoms with E-state index in [1.807, 2.05) is 0 Å². The number of nitrogens with one attached hydrogen (secondary N) is 2. The molecule has 1 aliphatic heterocycles. The Kier molecular flexibility index (Phi) is 7.66. The van der Waals surface area contributed by atoms with Crippen LogP contribution in [0.4, 0.5) is 4.79 Å². The predicted octanol–water partition coefficient (Wildman–Crippen LogP) is -0.414. The van der Waals surface area contributed by atoms with Crippen LogP contribution in [-0.2, 0) is 9.53 Å². The van der Waals surface area contributed by atoms with Gasteiger partial charge in [-0.25, -0.2) is 4.79 Å². The molecule has 16 heavy (non-hydrogen) atoms. The number of amides is 2. The third-order valence-electron chi connectivity index (χ3n) is 2.24. The SMILES string of the molecule is COC(=O)CCNC(=O)N1CCNCC1.Cl. The van der Waals surface area contributed by atoms with Crippen LogP contribution >= 0.6 is 12.4 Å². The summed E-state index contributed by atoms with van der Waals surface area (Å²) in [6.45, 7) is 3.40. The van der Waals surface area contributed by atoms with E-state index in [-0.39, 0.29) is 30.8 Å². The lowest BCUT2D eigenvalue weighted by Crippen LogP contribution is -2.50. The number of halogens is 1. The van der Waals surface area contributed by atoms with Gasteiger partial charge < -0.3 is 20.3 Å². The normalized spacial score (nSPS) is 14.9. The zero-order valence-electron chi connectivity index (χ0n) is 9.32. The summed E-state index contributed by atoms with van der Waals surface area (Å²) < 4.78 is 4.46. The zero-order chi connectivity index (χ0) is 11.1. The largest absolute Gasteiger partial charge is 0.469 e. The third kappa shape index (κ3) is 5.18. The molecular weight excluding hydrogens is 234 g/mol. The molecule has 0 aromatic carbocycles. The molecule has 7 heteroatoms. The molecule has 0 saturated carbocycles. The van der Waals surface area contributed by atoms with E-state index in [0.717, 1.165) is 13.1 Å². The minimum absolute atomic E-state index is 0. The van der Waals surface area contributed by atoms with Crippen molar-refractivity contribution in [2.24, 2.45) is 0 Å². The molecule has 0 aliphatic carbocycles. The third-order valence-corrected chi connectivity index (χ3v) is 2.24. The smallest absolute Gasteiger partial charge is 0.317 e. The topological polar surface area (TPSA) is 70.7 Å². The summed E-state index contributed by atoms with van der Waals surface area (Å²) in [7, 11) is 1.33. The average Bonchev–Trinajstić information content (AvgIpc) is 2.29. The van der Waals surface area contributed by atoms with Crippen LogP contribution in [0.2, 0.25) is 0 Å². The van der Waals surface area contributed by atoms with Gasteiger partial charge >= 0.3 is 12.0 Å². The number of methoxy groups -OCH3 is 1. The minimum Gasteiger partial charge on any atom is -0.469 e. The van der Waals surface area contributed by atoms with Crippen molar-refractivity contribution in [2.45, 2.75) is 6.42 Å². The lowest BCUT2D eigenvalue weighted by molar-refractivity contribution is -0.140. The van der Waals surface area contributed by atoms with Crippen LogP contribution in [0.5, 0.6) is 0 Å². The molecule has 0 aromatic rings. The summed E-state index contributed by atoms with van der Waals surface area (Å²) in [6.07, 6.45) is 0.217. The molecule has 2 N–H and O–H groups in total. The van der Waals surface area contributed by atoms with E-state index < -0.39 is 0 Å². The molecule has 0 unspecified atom stereocenters. The monoisotopic (exact) mass is 251 g/mol. The van der Waals surface area contributed by atoms with Crippen molar-refractivity contribution >= 4 is 24.4 Å². The summed E-state index contributed by atoms with van der Waals surface area (Å²) in [6, 6.07) is -0.111. The first kappa shape index (κ1) is 15.0. The van der Waals surface area contributed by atoms with E-state index in [0.29, 0.717) is 19.6 Å². The van der Waals surface area contributed by atoms with Gasteiger partial charge in [-0.1, -0.05) is 0 Å². The summed E-state index contributed by atoms with van der Waals surface area (Å²) in [5, 5.41) is 5.83. The highest BCUT2D eigenvalue weighted by atomic mass is 35.5. The lowest BCUT2D eigenvalue weighted by Gasteiger charge is -2.27. The Hall–Kier alpha value is -1.01. The number of ether oxygens (including phenoxy) is 1. The standard InChI is InChI=1S/C9H17N3O3.ClH/c1-15-8(13)2-3-11-9(14)12-6-4-10-5-7-12;/h10H,2-7H2,1H3,(H,11,14);1H. The van der Waals surface area contributed by atoms with Crippen molar-refractivity contribution in [3.8, 4) is 0 Å². The number of hydrogen-bond donors (Lipinski definition) is 2. The van der Waals surface area contributed by atoms with Gasteiger partial charge in [0.15, 0.2) is 0 Å². The molecule has 2 amide bonds. The lowest BCUT2D eigenvalue weighted by atomic mass is 10.4. The van der Waals surface area contributed by atoms with Crippen LogP contribution in [0.3, 0.4) is 0 Å². The zero-order valence-corrected chi connectivity index (χ0v) is 10.1. The molecular formula is C9H18ClN3O3. The highest BCUT2D eigenvalue weighted by Gasteiger charge is 2.15. The molecule has 1 rings (SSSR count).